The number of nitrogens with zero attached hydrogens (tertiary/aromatic N) is 1. The molecule has 1 N–H and O–H groups in total. The second-order valence-electron chi connectivity index (χ2n) is 1.56. The summed E-state index contributed by atoms with van der Waals surface area (Å²) < 4.78 is 0.861. The fraction of sp³-hybridized carbons (Fsp3) is 0. The highest BCUT2D eigenvalue weighted by Crippen LogP contribution is 2.23. The van der Waals surface area contributed by atoms with E-state index in [2.05, 4.69) is 21.0 Å². The van der Waals surface area contributed by atoms with Crippen LogP contribution in [0.25, 0.3) is 0 Å². The third kappa shape index (κ3) is 1.36. The zero-order valence-corrected chi connectivity index (χ0v) is 6.22. The first-order valence-electron chi connectivity index (χ1n) is 2.46. The van der Waals surface area contributed by atoms with Crippen LogP contribution in [0.2, 0.25) is 0 Å². The molecule has 0 spiro atoms. The number of nitrogens with one attached hydrogen (secondary N) is 1. The molecule has 9 heavy (non-hydrogen) atoms. The van der Waals surface area contributed by atoms with E-state index in [0.29, 0.717) is 5.69 Å². The average molecular weight is 185 g/mol. The van der Waals surface area contributed by atoms with Gasteiger partial charge in [0.2, 0.25) is 0 Å². The predicted octanol–water partition coefficient (Wildman–Crippen LogP) is 3.11. The van der Waals surface area contributed by atoms with Crippen LogP contribution in [0, 0.1) is 5.53 Å². The van der Waals surface area contributed by atoms with Crippen molar-refractivity contribution in [3.05, 3.63) is 28.7 Å². The molecule has 1 rings (SSSR count). The van der Waals surface area contributed by atoms with Crippen molar-refractivity contribution in [3.8, 4) is 0 Å². The summed E-state index contributed by atoms with van der Waals surface area (Å²) in [5.41, 5.74) is 7.34. The number of hydrogen-bond acceptors (Lipinski definition) is 2. The second-order valence-corrected chi connectivity index (χ2v) is 2.42. The minimum atomic E-state index is 0.664. The molecule has 0 atom stereocenters. The van der Waals surface area contributed by atoms with E-state index in [0.717, 1.165) is 4.47 Å². The molecule has 1 aromatic carbocycles. The molecule has 0 amide bonds. The van der Waals surface area contributed by atoms with Crippen molar-refractivity contribution in [3.63, 3.8) is 0 Å². The van der Waals surface area contributed by atoms with Crippen LogP contribution < -0.4 is 0 Å². The maximum Gasteiger partial charge on any atom is 0.0991 e. The lowest BCUT2D eigenvalue weighted by Crippen LogP contribution is -1.63. The lowest BCUT2D eigenvalue weighted by molar-refractivity contribution is 1.14. The summed E-state index contributed by atoms with van der Waals surface area (Å²) in [4.78, 5) is 0. The Morgan fingerprint density at radius 1 is 1.33 bits per heavy atom. The molecule has 0 aliphatic carbocycles. The Morgan fingerprint density at radius 2 is 2.00 bits per heavy atom. The largest absolute Gasteiger partial charge is 0.204 e. The smallest absolute Gasteiger partial charge is 0.0991 e. The maximum absolute atomic E-state index is 6.68. The third-order valence-corrected chi connectivity index (χ3v) is 1.64. The minimum Gasteiger partial charge on any atom is -0.204 e. The maximum atomic E-state index is 6.68. The first kappa shape index (κ1) is 6.42. The van der Waals surface area contributed by atoms with Crippen LogP contribution in [0.3, 0.4) is 0 Å². The van der Waals surface area contributed by atoms with E-state index in [4.69, 9.17) is 5.53 Å². The van der Waals surface area contributed by atoms with Gasteiger partial charge in [0.15, 0.2) is 0 Å². The van der Waals surface area contributed by atoms with Gasteiger partial charge >= 0.3 is 0 Å². The fourth-order valence-electron chi connectivity index (χ4n) is 0.542. The summed E-state index contributed by atoms with van der Waals surface area (Å²) in [6.07, 6.45) is 0. The molecule has 3 heteroatoms. The topological polar surface area (TPSA) is 36.2 Å². The monoisotopic (exact) mass is 184 g/mol. The Hall–Kier alpha value is -0.700. The van der Waals surface area contributed by atoms with Crippen molar-refractivity contribution in [2.45, 2.75) is 0 Å². The van der Waals surface area contributed by atoms with Gasteiger partial charge < -0.3 is 0 Å². The van der Waals surface area contributed by atoms with Gasteiger partial charge in [-0.1, -0.05) is 12.1 Å². The van der Waals surface area contributed by atoms with Gasteiger partial charge in [0, 0.05) is 4.47 Å². The SMILES string of the molecule is N=Nc1ccccc1Br. The van der Waals surface area contributed by atoms with E-state index in [1.165, 1.54) is 0 Å². The fourth-order valence-corrected chi connectivity index (χ4v) is 0.916. The van der Waals surface area contributed by atoms with Gasteiger partial charge in [0.05, 0.1) is 5.69 Å². The molecule has 0 aliphatic rings. The normalized spacial score (nSPS) is 9.00. The Kier molecular flexibility index (Phi) is 1.95. The zero-order chi connectivity index (χ0) is 6.69. The molecule has 0 heterocycles. The first-order valence-corrected chi connectivity index (χ1v) is 3.26. The molecular formula is C6H5BrN2. The van der Waals surface area contributed by atoms with Crippen LogP contribution in [0.15, 0.2) is 33.9 Å². The van der Waals surface area contributed by atoms with Crippen LogP contribution in [-0.2, 0) is 0 Å². The summed E-state index contributed by atoms with van der Waals surface area (Å²) in [5, 5.41) is 3.27. The van der Waals surface area contributed by atoms with E-state index in [1.807, 2.05) is 18.2 Å². The van der Waals surface area contributed by atoms with Gasteiger partial charge in [-0.05, 0) is 28.1 Å². The Labute approximate surface area is 61.5 Å². The highest BCUT2D eigenvalue weighted by molar-refractivity contribution is 9.10. The van der Waals surface area contributed by atoms with Crippen molar-refractivity contribution in [1.29, 1.82) is 5.53 Å². The third-order valence-electron chi connectivity index (χ3n) is 0.973. The van der Waals surface area contributed by atoms with Gasteiger partial charge in [-0.15, -0.1) is 0 Å². The summed E-state index contributed by atoms with van der Waals surface area (Å²) in [6, 6.07) is 7.36. The number of halogens is 1. The summed E-state index contributed by atoms with van der Waals surface area (Å²) in [6.45, 7) is 0. The summed E-state index contributed by atoms with van der Waals surface area (Å²) in [5.74, 6) is 0. The van der Waals surface area contributed by atoms with Gasteiger partial charge in [-0.2, -0.15) is 5.11 Å². The highest BCUT2D eigenvalue weighted by atomic mass is 79.9. The highest BCUT2D eigenvalue weighted by Gasteiger charge is 1.91. The van der Waals surface area contributed by atoms with Crippen LogP contribution in [0.5, 0.6) is 0 Å². The molecule has 46 valence electrons. The molecule has 0 aromatic heterocycles. The molecule has 1 aromatic rings. The van der Waals surface area contributed by atoms with E-state index in [9.17, 15) is 0 Å². The van der Waals surface area contributed by atoms with Gasteiger partial charge in [0.25, 0.3) is 0 Å². The quantitative estimate of drug-likeness (QED) is 0.652. The average Bonchev–Trinajstić information content (AvgIpc) is 1.89. The number of benzene rings is 1. The lowest BCUT2D eigenvalue weighted by Gasteiger charge is -1.90. The Morgan fingerprint density at radius 3 is 2.44 bits per heavy atom. The minimum absolute atomic E-state index is 0.664. The Balaban J connectivity index is 3.15. The molecule has 0 unspecified atom stereocenters. The molecule has 0 saturated carbocycles. The van der Waals surface area contributed by atoms with Crippen LogP contribution in [0.4, 0.5) is 5.69 Å². The van der Waals surface area contributed by atoms with Crippen molar-refractivity contribution < 1.29 is 0 Å². The standard InChI is InChI=1S/C6H5BrN2/c7-5-3-1-2-4-6(5)9-8/h1-4,8H. The lowest BCUT2D eigenvalue weighted by atomic mass is 10.3. The molecule has 0 bridgehead atoms. The van der Waals surface area contributed by atoms with Crippen molar-refractivity contribution >= 4 is 21.6 Å². The van der Waals surface area contributed by atoms with Crippen molar-refractivity contribution in [1.82, 2.24) is 0 Å². The Bertz CT molecular complexity index is 222. The molecule has 0 saturated heterocycles. The molecule has 0 aliphatic heterocycles. The van der Waals surface area contributed by atoms with E-state index in [1.54, 1.807) is 6.07 Å². The second kappa shape index (κ2) is 2.73. The van der Waals surface area contributed by atoms with Crippen LogP contribution >= 0.6 is 15.9 Å². The van der Waals surface area contributed by atoms with Gasteiger partial charge in [-0.25, -0.2) is 5.53 Å². The molecule has 0 fully saturated rings. The summed E-state index contributed by atoms with van der Waals surface area (Å²) >= 11 is 3.24. The van der Waals surface area contributed by atoms with E-state index < -0.39 is 0 Å². The van der Waals surface area contributed by atoms with Crippen LogP contribution in [0.1, 0.15) is 0 Å². The van der Waals surface area contributed by atoms with Gasteiger partial charge in [0.1, 0.15) is 0 Å². The molecule has 0 radical (unpaired) electrons. The van der Waals surface area contributed by atoms with Crippen LogP contribution in [-0.4, -0.2) is 0 Å². The number of hydrogen-bond donors (Lipinski definition) is 1. The summed E-state index contributed by atoms with van der Waals surface area (Å²) in [7, 11) is 0. The first-order chi connectivity index (χ1) is 4.34. The van der Waals surface area contributed by atoms with Gasteiger partial charge in [-0.3, -0.25) is 0 Å². The van der Waals surface area contributed by atoms with E-state index in [-0.39, 0.29) is 0 Å². The molecular weight excluding hydrogens is 180 g/mol. The number of para-hydroxylation sites is 1. The molecule has 2 nitrogen and oxygen atoms in total. The van der Waals surface area contributed by atoms with Crippen molar-refractivity contribution in [2.24, 2.45) is 5.11 Å². The zero-order valence-electron chi connectivity index (χ0n) is 4.63. The number of rotatable bonds is 1. The van der Waals surface area contributed by atoms with Crippen molar-refractivity contribution in [2.75, 3.05) is 0 Å². The van der Waals surface area contributed by atoms with E-state index >= 15 is 0 Å². The predicted molar refractivity (Wildman–Crippen MR) is 38.9 cm³/mol.